The van der Waals surface area contributed by atoms with Crippen LogP contribution in [-0.4, -0.2) is 35.4 Å². The molecule has 1 heterocycles. The first-order chi connectivity index (χ1) is 16.0. The SMILES string of the molecule is CCN(CC)S(=O)(=O)c1ccc2c(c1)nc(SC(c1ccccc1)c1ccccc1)n2CC. The Morgan fingerprint density at radius 3 is 1.97 bits per heavy atom. The lowest BCUT2D eigenvalue weighted by Crippen LogP contribution is -2.30. The van der Waals surface area contributed by atoms with Crippen LogP contribution in [0.3, 0.4) is 0 Å². The molecule has 0 N–H and O–H groups in total. The van der Waals surface area contributed by atoms with Crippen LogP contribution in [0.1, 0.15) is 37.1 Å². The summed E-state index contributed by atoms with van der Waals surface area (Å²) in [6.45, 7) is 7.43. The smallest absolute Gasteiger partial charge is 0.243 e. The predicted octanol–water partition coefficient (Wildman–Crippen LogP) is 5.97. The number of fused-ring (bicyclic) bond motifs is 1. The molecular formula is C26H29N3O2S2. The monoisotopic (exact) mass is 479 g/mol. The van der Waals surface area contributed by atoms with Crippen molar-refractivity contribution in [2.75, 3.05) is 13.1 Å². The fourth-order valence-corrected chi connectivity index (χ4v) is 6.83. The van der Waals surface area contributed by atoms with E-state index in [1.165, 1.54) is 15.4 Å². The molecule has 33 heavy (non-hydrogen) atoms. The molecule has 0 atom stereocenters. The van der Waals surface area contributed by atoms with Crippen molar-refractivity contribution >= 4 is 32.8 Å². The second-order valence-corrected chi connectivity index (χ2v) is 10.7. The highest BCUT2D eigenvalue weighted by atomic mass is 32.2. The molecule has 4 rings (SSSR count). The Bertz CT molecular complexity index is 1280. The zero-order chi connectivity index (χ0) is 23.4. The Balaban J connectivity index is 1.78. The maximum absolute atomic E-state index is 13.0. The maximum Gasteiger partial charge on any atom is 0.243 e. The van der Waals surface area contributed by atoms with Crippen LogP contribution in [0.4, 0.5) is 0 Å². The molecule has 0 radical (unpaired) electrons. The first kappa shape index (κ1) is 23.5. The van der Waals surface area contributed by atoms with Gasteiger partial charge < -0.3 is 4.57 Å². The summed E-state index contributed by atoms with van der Waals surface area (Å²) >= 11 is 1.69. The van der Waals surface area contributed by atoms with E-state index in [1.54, 1.807) is 23.9 Å². The minimum Gasteiger partial charge on any atom is -0.319 e. The van der Waals surface area contributed by atoms with E-state index in [2.05, 4.69) is 60.0 Å². The molecule has 0 fully saturated rings. The van der Waals surface area contributed by atoms with Gasteiger partial charge in [0.2, 0.25) is 10.0 Å². The van der Waals surface area contributed by atoms with E-state index in [4.69, 9.17) is 4.98 Å². The van der Waals surface area contributed by atoms with Gasteiger partial charge in [0.25, 0.3) is 0 Å². The van der Waals surface area contributed by atoms with Crippen molar-refractivity contribution in [3.63, 3.8) is 0 Å². The molecule has 0 amide bonds. The summed E-state index contributed by atoms with van der Waals surface area (Å²) in [5.74, 6) is 0. The highest BCUT2D eigenvalue weighted by molar-refractivity contribution is 7.99. The van der Waals surface area contributed by atoms with Gasteiger partial charge in [-0.1, -0.05) is 86.3 Å². The van der Waals surface area contributed by atoms with Crippen LogP contribution in [0.15, 0.2) is 88.9 Å². The van der Waals surface area contributed by atoms with Gasteiger partial charge in [-0.3, -0.25) is 0 Å². The van der Waals surface area contributed by atoms with Gasteiger partial charge in [-0.2, -0.15) is 4.31 Å². The van der Waals surface area contributed by atoms with E-state index < -0.39 is 10.0 Å². The molecule has 0 aliphatic rings. The average molecular weight is 480 g/mol. The van der Waals surface area contributed by atoms with Crippen molar-refractivity contribution in [2.24, 2.45) is 0 Å². The Morgan fingerprint density at radius 2 is 1.45 bits per heavy atom. The number of aryl methyl sites for hydroxylation is 1. The standard InChI is InChI=1S/C26H29N3O2S2/c1-4-28(5-2)33(30,31)22-17-18-24-23(19-22)27-26(29(24)6-3)32-25(20-13-9-7-10-14-20)21-15-11-8-12-16-21/h7-19,25H,4-6H2,1-3H3. The number of nitrogens with zero attached hydrogens (tertiary/aromatic N) is 3. The van der Waals surface area contributed by atoms with Gasteiger partial charge in [0, 0.05) is 19.6 Å². The molecule has 0 spiro atoms. The summed E-state index contributed by atoms with van der Waals surface area (Å²) in [5.41, 5.74) is 4.05. The van der Waals surface area contributed by atoms with E-state index >= 15 is 0 Å². The van der Waals surface area contributed by atoms with E-state index in [-0.39, 0.29) is 5.25 Å². The number of hydrogen-bond acceptors (Lipinski definition) is 4. The number of imidazole rings is 1. The van der Waals surface area contributed by atoms with Crippen molar-refractivity contribution in [3.8, 4) is 0 Å². The van der Waals surface area contributed by atoms with E-state index in [9.17, 15) is 8.42 Å². The quantitative estimate of drug-likeness (QED) is 0.278. The first-order valence-corrected chi connectivity index (χ1v) is 13.6. The zero-order valence-corrected chi connectivity index (χ0v) is 20.8. The topological polar surface area (TPSA) is 55.2 Å². The van der Waals surface area contributed by atoms with Gasteiger partial charge in [-0.15, -0.1) is 0 Å². The van der Waals surface area contributed by atoms with Crippen LogP contribution in [0, 0.1) is 0 Å². The minimum atomic E-state index is -3.53. The Labute approximate surface area is 200 Å². The molecule has 0 saturated carbocycles. The van der Waals surface area contributed by atoms with Gasteiger partial charge in [0.15, 0.2) is 5.16 Å². The lowest BCUT2D eigenvalue weighted by molar-refractivity contribution is 0.445. The number of sulfonamides is 1. The Kier molecular flexibility index (Phi) is 7.22. The van der Waals surface area contributed by atoms with Crippen LogP contribution in [0.2, 0.25) is 0 Å². The third kappa shape index (κ3) is 4.71. The summed E-state index contributed by atoms with van der Waals surface area (Å²) in [6.07, 6.45) is 0. The number of thioether (sulfide) groups is 1. The molecule has 0 bridgehead atoms. The third-order valence-electron chi connectivity index (χ3n) is 5.77. The number of aromatic nitrogens is 2. The second-order valence-electron chi connectivity index (χ2n) is 7.70. The largest absolute Gasteiger partial charge is 0.319 e. The first-order valence-electron chi connectivity index (χ1n) is 11.3. The Morgan fingerprint density at radius 1 is 0.879 bits per heavy atom. The number of benzene rings is 3. The average Bonchev–Trinajstić information content (AvgIpc) is 3.20. The molecule has 5 nitrogen and oxygen atoms in total. The van der Waals surface area contributed by atoms with Crippen molar-refractivity contribution in [1.82, 2.24) is 13.9 Å². The molecule has 3 aromatic carbocycles. The number of rotatable bonds is 9. The van der Waals surface area contributed by atoms with Crippen molar-refractivity contribution in [2.45, 2.75) is 42.6 Å². The summed E-state index contributed by atoms with van der Waals surface area (Å²) < 4.78 is 29.7. The van der Waals surface area contributed by atoms with Gasteiger partial charge in [-0.25, -0.2) is 13.4 Å². The minimum absolute atomic E-state index is 0.0772. The summed E-state index contributed by atoms with van der Waals surface area (Å²) in [4.78, 5) is 5.19. The zero-order valence-electron chi connectivity index (χ0n) is 19.2. The van der Waals surface area contributed by atoms with Crippen molar-refractivity contribution < 1.29 is 8.42 Å². The fourth-order valence-electron chi connectivity index (χ4n) is 4.05. The molecular weight excluding hydrogens is 450 g/mol. The molecule has 0 saturated heterocycles. The van der Waals surface area contributed by atoms with Crippen LogP contribution >= 0.6 is 11.8 Å². The molecule has 4 aromatic rings. The lowest BCUT2D eigenvalue weighted by atomic mass is 10.0. The van der Waals surface area contributed by atoms with Crippen LogP contribution in [-0.2, 0) is 16.6 Å². The third-order valence-corrected chi connectivity index (χ3v) is 9.12. The predicted molar refractivity (Wildman–Crippen MR) is 136 cm³/mol. The molecule has 172 valence electrons. The lowest BCUT2D eigenvalue weighted by Gasteiger charge is -2.18. The van der Waals surface area contributed by atoms with Crippen LogP contribution in [0.25, 0.3) is 11.0 Å². The summed E-state index contributed by atoms with van der Waals surface area (Å²) in [5, 5.41) is 0.955. The van der Waals surface area contributed by atoms with E-state index in [0.717, 1.165) is 17.2 Å². The van der Waals surface area contributed by atoms with Gasteiger partial charge in [0.05, 0.1) is 21.2 Å². The highest BCUT2D eigenvalue weighted by Gasteiger charge is 2.24. The molecule has 0 aliphatic carbocycles. The van der Waals surface area contributed by atoms with Gasteiger partial charge in [0.1, 0.15) is 0 Å². The molecule has 0 unspecified atom stereocenters. The van der Waals surface area contributed by atoms with Crippen LogP contribution < -0.4 is 0 Å². The summed E-state index contributed by atoms with van der Waals surface area (Å²) in [6, 6.07) is 26.1. The second kappa shape index (κ2) is 10.1. The normalized spacial score (nSPS) is 12.2. The maximum atomic E-state index is 13.0. The van der Waals surface area contributed by atoms with E-state index in [0.29, 0.717) is 23.5 Å². The number of hydrogen-bond donors (Lipinski definition) is 0. The molecule has 7 heteroatoms. The fraction of sp³-hybridized carbons (Fsp3) is 0.269. The molecule has 0 aliphatic heterocycles. The van der Waals surface area contributed by atoms with Gasteiger partial charge in [-0.05, 0) is 36.2 Å². The van der Waals surface area contributed by atoms with Crippen molar-refractivity contribution in [1.29, 1.82) is 0 Å². The highest BCUT2D eigenvalue weighted by Crippen LogP contribution is 2.41. The Hall–Kier alpha value is -2.61. The van der Waals surface area contributed by atoms with Crippen molar-refractivity contribution in [3.05, 3.63) is 90.0 Å². The van der Waals surface area contributed by atoms with Crippen LogP contribution in [0.5, 0.6) is 0 Å². The van der Waals surface area contributed by atoms with E-state index in [1.807, 2.05) is 32.0 Å². The van der Waals surface area contributed by atoms with Gasteiger partial charge >= 0.3 is 0 Å². The molecule has 1 aromatic heterocycles. The summed E-state index contributed by atoms with van der Waals surface area (Å²) in [7, 11) is -3.53.